The Balaban J connectivity index is 1.64. The van der Waals surface area contributed by atoms with Gasteiger partial charge in [0, 0.05) is 23.6 Å². The highest BCUT2D eigenvalue weighted by Gasteiger charge is 2.02. The largest absolute Gasteiger partial charge is 0.355 e. The molecule has 2 aromatic carbocycles. The lowest BCUT2D eigenvalue weighted by atomic mass is 10.1. The van der Waals surface area contributed by atoms with Crippen LogP contribution in [0.5, 0.6) is 0 Å². The summed E-state index contributed by atoms with van der Waals surface area (Å²) < 4.78 is 1.52. The molecule has 1 aromatic heterocycles. The zero-order valence-corrected chi connectivity index (χ0v) is 14.7. The van der Waals surface area contributed by atoms with Crippen LogP contribution in [0.1, 0.15) is 38.2 Å². The molecule has 2 N–H and O–H groups in total. The van der Waals surface area contributed by atoms with E-state index >= 15 is 0 Å². The van der Waals surface area contributed by atoms with Gasteiger partial charge in [0.05, 0.1) is 5.69 Å². The van der Waals surface area contributed by atoms with Gasteiger partial charge in [0.25, 0.3) is 5.56 Å². The Morgan fingerprint density at radius 2 is 1.80 bits per heavy atom. The Labute approximate surface area is 148 Å². The molecule has 25 heavy (non-hydrogen) atoms. The zero-order valence-electron chi connectivity index (χ0n) is 14.7. The van der Waals surface area contributed by atoms with E-state index in [4.69, 9.17) is 0 Å². The average Bonchev–Trinajstić information content (AvgIpc) is 3.06. The first-order valence-electron chi connectivity index (χ1n) is 8.99. The van der Waals surface area contributed by atoms with Crippen molar-refractivity contribution in [2.75, 3.05) is 5.32 Å². The number of aromatic nitrogens is 2. The molecule has 0 spiro atoms. The summed E-state index contributed by atoms with van der Waals surface area (Å²) in [5, 5.41) is 6.33. The fraction of sp³-hybridized carbons (Fsp3) is 0.286. The molecule has 4 nitrogen and oxygen atoms in total. The van der Waals surface area contributed by atoms with Crippen molar-refractivity contribution in [2.24, 2.45) is 0 Å². The van der Waals surface area contributed by atoms with Crippen LogP contribution in [0.2, 0.25) is 0 Å². The number of nitrogens with zero attached hydrogens (tertiary/aromatic N) is 1. The first-order valence-corrected chi connectivity index (χ1v) is 8.99. The van der Waals surface area contributed by atoms with Crippen LogP contribution in [-0.2, 0) is 6.42 Å². The third kappa shape index (κ3) is 4.63. The molecule has 0 amide bonds. The van der Waals surface area contributed by atoms with Gasteiger partial charge < -0.3 is 5.32 Å². The number of aryl methyl sites for hydroxylation is 1. The lowest BCUT2D eigenvalue weighted by Gasteiger charge is -2.10. The van der Waals surface area contributed by atoms with E-state index in [0.717, 1.165) is 23.5 Å². The predicted molar refractivity (Wildman–Crippen MR) is 104 cm³/mol. The smallest absolute Gasteiger partial charge is 0.271 e. The van der Waals surface area contributed by atoms with Crippen molar-refractivity contribution in [1.29, 1.82) is 0 Å². The molecule has 0 radical (unpaired) electrons. The molecule has 0 aliphatic rings. The minimum atomic E-state index is -0.0652. The number of anilines is 2. The van der Waals surface area contributed by atoms with Crippen molar-refractivity contribution >= 4 is 11.4 Å². The summed E-state index contributed by atoms with van der Waals surface area (Å²) in [7, 11) is 0. The fourth-order valence-corrected chi connectivity index (χ4v) is 2.92. The second-order valence-corrected chi connectivity index (χ2v) is 6.32. The van der Waals surface area contributed by atoms with Gasteiger partial charge in [-0.3, -0.25) is 9.89 Å². The Hall–Kier alpha value is -2.75. The summed E-state index contributed by atoms with van der Waals surface area (Å²) in [4.78, 5) is 11.8. The molecule has 0 aliphatic carbocycles. The minimum Gasteiger partial charge on any atom is -0.355 e. The van der Waals surface area contributed by atoms with Gasteiger partial charge in [-0.1, -0.05) is 44.4 Å². The van der Waals surface area contributed by atoms with Crippen LogP contribution in [0, 0.1) is 0 Å². The van der Waals surface area contributed by atoms with Crippen molar-refractivity contribution in [3.05, 3.63) is 76.7 Å². The van der Waals surface area contributed by atoms with E-state index in [1.807, 2.05) is 24.3 Å². The van der Waals surface area contributed by atoms with Gasteiger partial charge in [-0.15, -0.1) is 0 Å². The number of H-pyrrole nitrogens is 1. The van der Waals surface area contributed by atoms with E-state index < -0.39 is 0 Å². The molecule has 130 valence electrons. The molecule has 0 aliphatic heterocycles. The van der Waals surface area contributed by atoms with Crippen molar-refractivity contribution in [3.63, 3.8) is 0 Å². The summed E-state index contributed by atoms with van der Waals surface area (Å²) in [6, 6.07) is 17.9. The second-order valence-electron chi connectivity index (χ2n) is 6.32. The summed E-state index contributed by atoms with van der Waals surface area (Å²) in [5.41, 5.74) is 4.13. The number of nitrogens with one attached hydrogen (secondary N) is 2. The maximum Gasteiger partial charge on any atom is 0.271 e. The topological polar surface area (TPSA) is 49.8 Å². The molecule has 4 heteroatoms. The molecule has 0 unspecified atom stereocenters. The number of hydrogen-bond acceptors (Lipinski definition) is 2. The Morgan fingerprint density at radius 1 is 0.960 bits per heavy atom. The Kier molecular flexibility index (Phi) is 5.73. The predicted octanol–water partition coefficient (Wildman–Crippen LogP) is 5.03. The monoisotopic (exact) mass is 335 g/mol. The van der Waals surface area contributed by atoms with Gasteiger partial charge in [0.2, 0.25) is 0 Å². The molecule has 0 atom stereocenters. The third-order valence-electron chi connectivity index (χ3n) is 4.32. The molecule has 0 bridgehead atoms. The maximum atomic E-state index is 11.8. The van der Waals surface area contributed by atoms with Crippen molar-refractivity contribution in [1.82, 2.24) is 9.78 Å². The van der Waals surface area contributed by atoms with E-state index in [0.29, 0.717) is 0 Å². The van der Waals surface area contributed by atoms with Crippen LogP contribution in [0.25, 0.3) is 5.69 Å². The van der Waals surface area contributed by atoms with E-state index in [9.17, 15) is 4.79 Å². The number of benzene rings is 2. The molecular formula is C21H25N3O. The van der Waals surface area contributed by atoms with Gasteiger partial charge in [0.1, 0.15) is 0 Å². The van der Waals surface area contributed by atoms with Crippen molar-refractivity contribution < 1.29 is 0 Å². The highest BCUT2D eigenvalue weighted by molar-refractivity contribution is 5.62. The summed E-state index contributed by atoms with van der Waals surface area (Å²) >= 11 is 0. The van der Waals surface area contributed by atoms with Gasteiger partial charge >= 0.3 is 0 Å². The number of unbranched alkanes of at least 4 members (excludes halogenated alkanes) is 3. The molecule has 0 saturated carbocycles. The molecule has 0 saturated heterocycles. The third-order valence-corrected chi connectivity index (χ3v) is 4.32. The van der Waals surface area contributed by atoms with E-state index in [1.165, 1.54) is 42.0 Å². The highest BCUT2D eigenvalue weighted by atomic mass is 16.1. The first-order chi connectivity index (χ1) is 12.3. The van der Waals surface area contributed by atoms with Crippen molar-refractivity contribution in [2.45, 2.75) is 39.0 Å². The van der Waals surface area contributed by atoms with E-state index in [1.54, 1.807) is 6.20 Å². The quantitative estimate of drug-likeness (QED) is 0.567. The van der Waals surface area contributed by atoms with Gasteiger partial charge in [-0.2, -0.15) is 0 Å². The van der Waals surface area contributed by atoms with Crippen LogP contribution in [-0.4, -0.2) is 9.78 Å². The average molecular weight is 335 g/mol. The number of hydrogen-bond donors (Lipinski definition) is 2. The Morgan fingerprint density at radius 3 is 2.52 bits per heavy atom. The summed E-state index contributed by atoms with van der Waals surface area (Å²) in [6.07, 6.45) is 7.94. The second kappa shape index (κ2) is 8.38. The molecule has 3 rings (SSSR count). The molecular weight excluding hydrogens is 310 g/mol. The van der Waals surface area contributed by atoms with Gasteiger partial charge in [0.15, 0.2) is 0 Å². The zero-order chi connectivity index (χ0) is 17.5. The summed E-state index contributed by atoms with van der Waals surface area (Å²) in [6.45, 7) is 2.24. The van der Waals surface area contributed by atoms with Crippen LogP contribution in [0.3, 0.4) is 0 Å². The standard InChI is InChI=1S/C21H25N3O/c1-2-3-4-5-7-17-10-12-18(13-11-17)23-19-8-6-9-20(16-19)24-21(25)14-15-22-24/h6,8-16,22-23H,2-5,7H2,1H3. The number of rotatable bonds is 8. The van der Waals surface area contributed by atoms with E-state index in [-0.39, 0.29) is 5.56 Å². The van der Waals surface area contributed by atoms with Crippen LogP contribution >= 0.6 is 0 Å². The van der Waals surface area contributed by atoms with Gasteiger partial charge in [-0.05, 0) is 48.7 Å². The Bertz CT molecular complexity index is 846. The van der Waals surface area contributed by atoms with Crippen molar-refractivity contribution in [3.8, 4) is 5.69 Å². The molecule has 1 heterocycles. The SMILES string of the molecule is CCCCCCc1ccc(Nc2cccc(-n3[nH]ccc3=O)c2)cc1. The highest BCUT2D eigenvalue weighted by Crippen LogP contribution is 2.20. The number of aromatic amines is 1. The molecule has 3 aromatic rings. The maximum absolute atomic E-state index is 11.8. The minimum absolute atomic E-state index is 0.0652. The van der Waals surface area contributed by atoms with E-state index in [2.05, 4.69) is 41.6 Å². The van der Waals surface area contributed by atoms with Crippen LogP contribution in [0.15, 0.2) is 65.6 Å². The van der Waals surface area contributed by atoms with Crippen LogP contribution < -0.4 is 10.9 Å². The fourth-order valence-electron chi connectivity index (χ4n) is 2.92. The summed E-state index contributed by atoms with van der Waals surface area (Å²) in [5.74, 6) is 0. The normalized spacial score (nSPS) is 10.8. The lowest BCUT2D eigenvalue weighted by Crippen LogP contribution is -2.13. The molecule has 0 fully saturated rings. The van der Waals surface area contributed by atoms with Crippen LogP contribution in [0.4, 0.5) is 11.4 Å². The van der Waals surface area contributed by atoms with Gasteiger partial charge in [-0.25, -0.2) is 4.68 Å². The first kappa shape index (κ1) is 17.1. The lowest BCUT2D eigenvalue weighted by molar-refractivity contribution is 0.667.